The van der Waals surface area contributed by atoms with E-state index in [0.29, 0.717) is 33.4 Å². The second-order valence-electron chi connectivity index (χ2n) is 18.6. The van der Waals surface area contributed by atoms with Crippen LogP contribution in [-0.4, -0.2) is 24.8 Å². The van der Waals surface area contributed by atoms with Crippen LogP contribution in [0, 0.1) is 27.7 Å². The summed E-state index contributed by atoms with van der Waals surface area (Å²) in [6, 6.07) is 63.0. The maximum Gasteiger partial charge on any atom is 0.295 e. The van der Waals surface area contributed by atoms with Gasteiger partial charge in [0, 0.05) is 94.1 Å². The van der Waals surface area contributed by atoms with Gasteiger partial charge in [-0.25, -0.2) is 0 Å². The van der Waals surface area contributed by atoms with Crippen LogP contribution < -0.4 is 25.5 Å². The molecule has 0 fully saturated rings. The van der Waals surface area contributed by atoms with Gasteiger partial charge in [0.15, 0.2) is 0 Å². The molecule has 0 saturated carbocycles. The highest BCUT2D eigenvalue weighted by atomic mass is 32.2. The quantitative estimate of drug-likeness (QED) is 0.0668. The topological polar surface area (TPSA) is 132 Å². The number of carbonyl (C=O) groups is 2. The van der Waals surface area contributed by atoms with Crippen molar-refractivity contribution in [1.29, 1.82) is 0 Å². The van der Waals surface area contributed by atoms with Crippen LogP contribution in [0.3, 0.4) is 0 Å². The van der Waals surface area contributed by atoms with Gasteiger partial charge in [0.2, 0.25) is 28.5 Å². The van der Waals surface area contributed by atoms with E-state index < -0.39 is 10.1 Å². The number of fused-ring (bicyclic) bond motifs is 2. The van der Waals surface area contributed by atoms with E-state index in [1.54, 1.807) is 18.2 Å². The van der Waals surface area contributed by atoms with Gasteiger partial charge in [-0.15, -0.1) is 0 Å². The van der Waals surface area contributed by atoms with Crippen molar-refractivity contribution in [3.05, 3.63) is 222 Å². The predicted octanol–water partition coefficient (Wildman–Crippen LogP) is 14.8. The minimum absolute atomic E-state index is 0.129. The summed E-state index contributed by atoms with van der Waals surface area (Å²) in [4.78, 5) is 25.3. The SMILES string of the molecule is CC(=O)Nc1ccc(-c2ccc(N(c3ccc4c(-c5ccccc5S(=O)(=O)O)c5ccc(=[N+](c6ccc(-c7ccc(NC(C)=O)cc7)cc6)c6c(C)cccc6C)cc-5oc4c3)c3c(C)cccc3C)cc2)cc1. The summed E-state index contributed by atoms with van der Waals surface area (Å²) in [5.41, 5.74) is 16.4. The zero-order valence-corrected chi connectivity index (χ0v) is 42.6. The fourth-order valence-electron chi connectivity index (χ4n) is 9.97. The van der Waals surface area contributed by atoms with Crippen molar-refractivity contribution in [2.45, 2.75) is 46.4 Å². The number of amides is 2. The average molecular weight is 994 g/mol. The van der Waals surface area contributed by atoms with Crippen molar-refractivity contribution in [1.82, 2.24) is 4.58 Å². The van der Waals surface area contributed by atoms with Gasteiger partial charge >= 0.3 is 0 Å². The molecule has 10 rings (SSSR count). The third-order valence-corrected chi connectivity index (χ3v) is 14.2. The molecule has 10 nitrogen and oxygen atoms in total. The van der Waals surface area contributed by atoms with Crippen LogP contribution >= 0.6 is 0 Å². The number of para-hydroxylation sites is 2. The largest absolute Gasteiger partial charge is 0.456 e. The highest BCUT2D eigenvalue weighted by Crippen LogP contribution is 2.46. The first kappa shape index (κ1) is 48.7. The zero-order chi connectivity index (χ0) is 51.8. The minimum atomic E-state index is -4.67. The first-order valence-electron chi connectivity index (χ1n) is 24.2. The molecule has 2 aliphatic rings. The van der Waals surface area contributed by atoms with Crippen LogP contribution in [0.5, 0.6) is 0 Å². The average Bonchev–Trinajstić information content (AvgIpc) is 3.38. The number of nitrogens with zero attached hydrogens (tertiary/aromatic N) is 2. The smallest absolute Gasteiger partial charge is 0.295 e. The molecule has 1 heterocycles. The summed E-state index contributed by atoms with van der Waals surface area (Å²) in [5.74, 6) is 0.235. The fraction of sp³-hybridized carbons (Fsp3) is 0.0952. The number of rotatable bonds is 11. The molecule has 1 aliphatic carbocycles. The van der Waals surface area contributed by atoms with E-state index in [1.807, 2.05) is 97.1 Å². The molecule has 0 saturated heterocycles. The van der Waals surface area contributed by atoms with Gasteiger partial charge in [-0.1, -0.05) is 91.0 Å². The number of aryl methyl sites for hydroxylation is 4. The Hall–Kier alpha value is -8.90. The second kappa shape index (κ2) is 20.0. The fourth-order valence-corrected chi connectivity index (χ4v) is 10.7. The molecule has 0 radical (unpaired) electrons. The Labute approximate surface area is 430 Å². The summed E-state index contributed by atoms with van der Waals surface area (Å²) in [5, 5.41) is 7.12. The van der Waals surface area contributed by atoms with Crippen LogP contribution in [0.25, 0.3) is 55.7 Å². The van der Waals surface area contributed by atoms with Crippen LogP contribution in [0.2, 0.25) is 0 Å². The van der Waals surface area contributed by atoms with Crippen molar-refractivity contribution >= 4 is 72.7 Å². The third kappa shape index (κ3) is 9.74. The van der Waals surface area contributed by atoms with Gasteiger partial charge in [-0.3, -0.25) is 14.1 Å². The second-order valence-corrected chi connectivity index (χ2v) is 20.0. The van der Waals surface area contributed by atoms with Gasteiger partial charge in [0.25, 0.3) is 10.1 Å². The molecule has 8 aromatic carbocycles. The Balaban J connectivity index is 1.19. The van der Waals surface area contributed by atoms with Gasteiger partial charge in [0.1, 0.15) is 16.2 Å². The lowest BCUT2D eigenvalue weighted by atomic mass is 9.93. The molecule has 0 unspecified atom stereocenters. The Kier molecular flexibility index (Phi) is 13.1. The van der Waals surface area contributed by atoms with Crippen LogP contribution in [0.1, 0.15) is 36.1 Å². The summed E-state index contributed by atoms with van der Waals surface area (Å²) in [6.07, 6.45) is 0. The van der Waals surface area contributed by atoms with Gasteiger partial charge in [-0.05, 0) is 134 Å². The maximum atomic E-state index is 13.2. The molecule has 3 N–H and O–H groups in total. The van der Waals surface area contributed by atoms with E-state index in [4.69, 9.17) is 4.42 Å². The van der Waals surface area contributed by atoms with E-state index in [2.05, 4.69) is 121 Å². The number of anilines is 5. The maximum absolute atomic E-state index is 13.2. The van der Waals surface area contributed by atoms with E-state index in [9.17, 15) is 22.6 Å². The zero-order valence-electron chi connectivity index (χ0n) is 41.8. The number of nitrogens with one attached hydrogen (secondary N) is 2. The molecule has 0 bridgehead atoms. The molecule has 11 heteroatoms. The Morgan fingerprint density at radius 1 is 0.527 bits per heavy atom. The van der Waals surface area contributed by atoms with E-state index in [1.165, 1.54) is 19.9 Å². The summed E-state index contributed by atoms with van der Waals surface area (Å²) >= 11 is 0. The van der Waals surface area contributed by atoms with Crippen molar-refractivity contribution in [2.24, 2.45) is 0 Å². The highest BCUT2D eigenvalue weighted by Gasteiger charge is 2.27. The summed E-state index contributed by atoms with van der Waals surface area (Å²) in [7, 11) is -4.67. The lowest BCUT2D eigenvalue weighted by Crippen LogP contribution is -2.22. The minimum Gasteiger partial charge on any atom is -0.456 e. The van der Waals surface area contributed by atoms with E-state index in [0.717, 1.165) is 89.7 Å². The van der Waals surface area contributed by atoms with Crippen LogP contribution in [0.4, 0.5) is 39.8 Å². The first-order chi connectivity index (χ1) is 35.6. The first-order valence-corrected chi connectivity index (χ1v) is 25.6. The standard InChI is InChI=1S/C63H52N4O6S/c1-39-11-9-12-40(2)62(39)66(51-29-21-47(22-30-51)45-17-25-49(26-18-45)64-43(5)68)53-33-35-55-58(37-53)73-59-38-54(34-36-56(59)61(55)57-15-7-8-16-60(57)74(70,71)72)67(63-41(3)13-10-14-42(63)4)52-31-23-48(24-32-52)46-19-27-50(28-20-46)65-44(6)69/h7-38H,1-6H3,(H2-,64,65,68,69,70,71,72)/p+1. The molecule has 0 spiro atoms. The molecule has 0 aromatic heterocycles. The van der Waals surface area contributed by atoms with Gasteiger partial charge in [0.05, 0.1) is 11.8 Å². The third-order valence-electron chi connectivity index (χ3n) is 13.3. The molecule has 0 atom stereocenters. The molecule has 8 aromatic rings. The highest BCUT2D eigenvalue weighted by molar-refractivity contribution is 7.86. The molecule has 74 heavy (non-hydrogen) atoms. The summed E-state index contributed by atoms with van der Waals surface area (Å²) < 4.78 is 46.3. The molecule has 366 valence electrons. The molecular weight excluding hydrogens is 941 g/mol. The molecule has 1 aliphatic heterocycles. The molecule has 2 amide bonds. The van der Waals surface area contributed by atoms with Gasteiger partial charge in [-0.2, -0.15) is 13.0 Å². The number of hydrogen-bond acceptors (Lipinski definition) is 6. The van der Waals surface area contributed by atoms with Crippen molar-refractivity contribution < 1.29 is 27.0 Å². The number of carbonyl (C=O) groups excluding carboxylic acids is 2. The Bertz CT molecular complexity index is 3920. The van der Waals surface area contributed by atoms with Crippen LogP contribution in [-0.2, 0) is 19.7 Å². The van der Waals surface area contributed by atoms with Crippen molar-refractivity contribution in [3.63, 3.8) is 0 Å². The predicted molar refractivity (Wildman–Crippen MR) is 299 cm³/mol. The number of benzene rings is 9. The Morgan fingerprint density at radius 2 is 1.03 bits per heavy atom. The van der Waals surface area contributed by atoms with Crippen LogP contribution in [0.15, 0.2) is 203 Å². The monoisotopic (exact) mass is 993 g/mol. The molecular formula is C63H53N4O6S+. The van der Waals surface area contributed by atoms with E-state index in [-0.39, 0.29) is 16.7 Å². The van der Waals surface area contributed by atoms with E-state index >= 15 is 0 Å². The van der Waals surface area contributed by atoms with Crippen molar-refractivity contribution in [2.75, 3.05) is 15.5 Å². The lowest BCUT2D eigenvalue weighted by molar-refractivity contribution is -0.115. The normalized spacial score (nSPS) is 11.9. The van der Waals surface area contributed by atoms with Gasteiger partial charge < -0.3 is 20.0 Å². The lowest BCUT2D eigenvalue weighted by Gasteiger charge is -2.29. The van der Waals surface area contributed by atoms with Crippen molar-refractivity contribution in [3.8, 4) is 44.7 Å². The Morgan fingerprint density at radius 3 is 1.57 bits per heavy atom. The number of hydrogen-bond donors (Lipinski definition) is 3. The summed E-state index contributed by atoms with van der Waals surface area (Å²) in [6.45, 7) is 11.3.